The van der Waals surface area contributed by atoms with E-state index in [1.165, 1.54) is 46.9 Å². The zero-order chi connectivity index (χ0) is 27.4. The van der Waals surface area contributed by atoms with Gasteiger partial charge < -0.3 is 0 Å². The van der Waals surface area contributed by atoms with Crippen LogP contribution in [0.15, 0.2) is 84.9 Å². The van der Waals surface area contributed by atoms with Gasteiger partial charge in [-0.25, -0.2) is 0 Å². The Morgan fingerprint density at radius 3 is 1.15 bits per heavy atom. The molecule has 0 aliphatic carbocycles. The molecule has 0 saturated carbocycles. The van der Waals surface area contributed by atoms with Crippen LogP contribution in [-0.2, 0) is 12.4 Å². The topological polar surface area (TPSA) is 25.8 Å². The summed E-state index contributed by atoms with van der Waals surface area (Å²) in [7, 11) is 0. The fourth-order valence-corrected chi connectivity index (χ4v) is 6.84. The predicted molar refractivity (Wildman–Crippen MR) is 145 cm³/mol. The largest absolute Gasteiger partial charge is 0.416 e. The number of benzene rings is 3. The van der Waals surface area contributed by atoms with Crippen molar-refractivity contribution in [3.8, 4) is 41.8 Å². The fraction of sp³-hybridized carbons (Fsp3) is 0.0714. The lowest BCUT2D eigenvalue weighted by Gasteiger charge is -2.07. The number of rotatable bonds is 4. The SMILES string of the molecule is FC(F)(F)c1ccc(-c2ccc(-c3ccc(-c4ccc(-c5ccc(C(F)(F)F)cc5)s4)c4nsnc34)s2)cc1. The zero-order valence-electron chi connectivity index (χ0n) is 19.5. The van der Waals surface area contributed by atoms with E-state index in [2.05, 4.69) is 8.75 Å². The minimum Gasteiger partial charge on any atom is -0.172 e. The van der Waals surface area contributed by atoms with Gasteiger partial charge in [0.05, 0.1) is 22.9 Å². The van der Waals surface area contributed by atoms with E-state index in [1.807, 2.05) is 36.4 Å². The number of fused-ring (bicyclic) bond motifs is 1. The van der Waals surface area contributed by atoms with Gasteiger partial charge >= 0.3 is 12.4 Å². The Morgan fingerprint density at radius 1 is 0.436 bits per heavy atom. The van der Waals surface area contributed by atoms with Gasteiger partial charge in [-0.15, -0.1) is 22.7 Å². The highest BCUT2D eigenvalue weighted by Gasteiger charge is 2.31. The molecule has 196 valence electrons. The Morgan fingerprint density at radius 2 is 0.795 bits per heavy atom. The summed E-state index contributed by atoms with van der Waals surface area (Å²) in [5, 5.41) is 0. The molecule has 0 radical (unpaired) electrons. The smallest absolute Gasteiger partial charge is 0.172 e. The molecule has 0 aliphatic rings. The van der Waals surface area contributed by atoms with Crippen molar-refractivity contribution in [3.05, 3.63) is 96.1 Å². The first-order valence-corrected chi connectivity index (χ1v) is 13.8. The molecule has 0 N–H and O–H groups in total. The molecule has 3 aromatic heterocycles. The number of hydrogen-bond acceptors (Lipinski definition) is 5. The van der Waals surface area contributed by atoms with Crippen molar-refractivity contribution in [2.75, 3.05) is 0 Å². The number of halogens is 6. The molecule has 0 aliphatic heterocycles. The molecule has 0 amide bonds. The maximum Gasteiger partial charge on any atom is 0.416 e. The van der Waals surface area contributed by atoms with Crippen LogP contribution >= 0.6 is 34.4 Å². The number of hydrogen-bond donors (Lipinski definition) is 0. The summed E-state index contributed by atoms with van der Waals surface area (Å²) in [6, 6.07) is 21.6. The van der Waals surface area contributed by atoms with Crippen molar-refractivity contribution in [1.82, 2.24) is 8.75 Å². The summed E-state index contributed by atoms with van der Waals surface area (Å²) < 4.78 is 86.5. The lowest BCUT2D eigenvalue weighted by Crippen LogP contribution is -2.03. The molecular formula is C28H14F6N2S3. The number of nitrogens with zero attached hydrogens (tertiary/aromatic N) is 2. The molecule has 11 heteroatoms. The van der Waals surface area contributed by atoms with Crippen molar-refractivity contribution in [3.63, 3.8) is 0 Å². The van der Waals surface area contributed by atoms with Gasteiger partial charge in [0.2, 0.25) is 0 Å². The molecule has 6 aromatic rings. The van der Waals surface area contributed by atoms with Crippen LogP contribution in [0.3, 0.4) is 0 Å². The van der Waals surface area contributed by atoms with Crippen molar-refractivity contribution in [1.29, 1.82) is 0 Å². The monoisotopic (exact) mass is 588 g/mol. The van der Waals surface area contributed by atoms with Gasteiger partial charge in [0.1, 0.15) is 11.0 Å². The third-order valence-corrected chi connectivity index (χ3v) is 9.02. The van der Waals surface area contributed by atoms with Crippen molar-refractivity contribution >= 4 is 45.4 Å². The molecule has 6 rings (SSSR count). The van der Waals surface area contributed by atoms with Crippen LogP contribution in [0.2, 0.25) is 0 Å². The first kappa shape index (κ1) is 25.7. The number of thiophene rings is 2. The minimum atomic E-state index is -4.38. The molecule has 0 spiro atoms. The average molecular weight is 589 g/mol. The Kier molecular flexibility index (Phi) is 6.32. The molecule has 0 bridgehead atoms. The summed E-state index contributed by atoms with van der Waals surface area (Å²) in [4.78, 5) is 3.48. The van der Waals surface area contributed by atoms with E-state index in [1.54, 1.807) is 0 Å². The van der Waals surface area contributed by atoms with Gasteiger partial charge in [0.25, 0.3) is 0 Å². The van der Waals surface area contributed by atoms with Crippen molar-refractivity contribution in [2.24, 2.45) is 0 Å². The predicted octanol–water partition coefficient (Wildman–Crippen LogP) is 10.5. The van der Waals surface area contributed by atoms with E-state index in [0.717, 1.165) is 66.6 Å². The van der Waals surface area contributed by atoms with E-state index in [0.29, 0.717) is 22.2 Å². The highest BCUT2D eigenvalue weighted by molar-refractivity contribution is 7.19. The van der Waals surface area contributed by atoms with Crippen LogP contribution in [0.5, 0.6) is 0 Å². The van der Waals surface area contributed by atoms with Crippen LogP contribution in [0.4, 0.5) is 26.3 Å². The van der Waals surface area contributed by atoms with Gasteiger partial charge in [-0.2, -0.15) is 35.1 Å². The first-order chi connectivity index (χ1) is 18.6. The average Bonchev–Trinajstić information content (AvgIpc) is 3.68. The summed E-state index contributed by atoms with van der Waals surface area (Å²) >= 11 is 3.99. The Labute approximate surface area is 230 Å². The molecule has 0 fully saturated rings. The van der Waals surface area contributed by atoms with Crippen LogP contribution in [-0.4, -0.2) is 8.75 Å². The molecule has 2 nitrogen and oxygen atoms in total. The van der Waals surface area contributed by atoms with Crippen LogP contribution < -0.4 is 0 Å². The lowest BCUT2D eigenvalue weighted by atomic mass is 10.1. The van der Waals surface area contributed by atoms with Gasteiger partial charge in [-0.1, -0.05) is 36.4 Å². The molecule has 0 unspecified atom stereocenters. The quantitative estimate of drug-likeness (QED) is 0.192. The second kappa shape index (κ2) is 9.58. The van der Waals surface area contributed by atoms with E-state index in [4.69, 9.17) is 0 Å². The van der Waals surface area contributed by atoms with Gasteiger partial charge in [0.15, 0.2) is 0 Å². The summed E-state index contributed by atoms with van der Waals surface area (Å²) in [5.41, 5.74) is 3.16. The maximum absolute atomic E-state index is 12.9. The van der Waals surface area contributed by atoms with E-state index in [9.17, 15) is 26.3 Å². The van der Waals surface area contributed by atoms with E-state index in [-0.39, 0.29) is 0 Å². The fourth-order valence-electron chi connectivity index (χ4n) is 4.19. The molecule has 0 atom stereocenters. The Balaban J connectivity index is 1.31. The maximum atomic E-state index is 12.9. The minimum absolute atomic E-state index is 0.691. The van der Waals surface area contributed by atoms with Crippen molar-refractivity contribution in [2.45, 2.75) is 12.4 Å². The summed E-state index contributed by atoms with van der Waals surface area (Å²) in [6.45, 7) is 0. The first-order valence-electron chi connectivity index (χ1n) is 11.4. The number of aromatic nitrogens is 2. The second-order valence-corrected chi connectivity index (χ2v) is 11.3. The van der Waals surface area contributed by atoms with Gasteiger partial charge in [-0.3, -0.25) is 0 Å². The Bertz CT molecular complexity index is 1650. The standard InChI is InChI=1S/C28H14F6N2S3/c29-27(30,31)17-5-1-15(2-6-17)21-11-13-23(37-21)19-9-10-20(26-25(19)35-39-36-26)24-14-12-22(38-24)16-3-7-18(8-4-16)28(32,33)34/h1-14H. The normalized spacial score (nSPS) is 12.4. The molecular weight excluding hydrogens is 575 g/mol. The van der Waals surface area contributed by atoms with Crippen LogP contribution in [0, 0.1) is 0 Å². The highest BCUT2D eigenvalue weighted by atomic mass is 32.1. The van der Waals surface area contributed by atoms with Gasteiger partial charge in [-0.05, 0) is 59.7 Å². The third kappa shape index (κ3) is 4.97. The Hall–Kier alpha value is -3.54. The summed E-state index contributed by atoms with van der Waals surface area (Å²) in [6.07, 6.45) is -8.77. The van der Waals surface area contributed by atoms with Crippen LogP contribution in [0.25, 0.3) is 52.8 Å². The number of alkyl halides is 6. The second-order valence-electron chi connectivity index (χ2n) is 8.60. The molecule has 3 aromatic carbocycles. The van der Waals surface area contributed by atoms with E-state index < -0.39 is 23.5 Å². The summed E-state index contributed by atoms with van der Waals surface area (Å²) in [5.74, 6) is 0. The van der Waals surface area contributed by atoms with Gasteiger partial charge in [0, 0.05) is 30.6 Å². The van der Waals surface area contributed by atoms with E-state index >= 15 is 0 Å². The van der Waals surface area contributed by atoms with Crippen LogP contribution in [0.1, 0.15) is 11.1 Å². The third-order valence-electron chi connectivity index (χ3n) is 6.15. The molecule has 0 saturated heterocycles. The highest BCUT2D eigenvalue weighted by Crippen LogP contribution is 2.43. The van der Waals surface area contributed by atoms with Crippen molar-refractivity contribution < 1.29 is 26.3 Å². The molecule has 3 heterocycles. The molecule has 39 heavy (non-hydrogen) atoms. The zero-order valence-corrected chi connectivity index (χ0v) is 21.9. The lowest BCUT2D eigenvalue weighted by molar-refractivity contribution is -0.138.